The van der Waals surface area contributed by atoms with Gasteiger partial charge in [0, 0.05) is 36.4 Å². The lowest BCUT2D eigenvalue weighted by atomic mass is 9.92. The fourth-order valence-corrected chi connectivity index (χ4v) is 3.31. The van der Waals surface area contributed by atoms with E-state index < -0.39 is 0 Å². The van der Waals surface area contributed by atoms with Gasteiger partial charge in [-0.1, -0.05) is 15.9 Å². The Morgan fingerprint density at radius 1 is 1.28 bits per heavy atom. The molecule has 0 radical (unpaired) electrons. The second-order valence-electron chi connectivity index (χ2n) is 5.05. The van der Waals surface area contributed by atoms with Gasteiger partial charge in [-0.15, -0.1) is 0 Å². The molecule has 0 aromatic heterocycles. The van der Waals surface area contributed by atoms with Gasteiger partial charge in [0.2, 0.25) is 0 Å². The van der Waals surface area contributed by atoms with E-state index in [1.807, 2.05) is 0 Å². The molecule has 1 heterocycles. The largest absolute Gasteiger partial charge is 0.382 e. The number of nitrogens with zero attached hydrogens (tertiary/aromatic N) is 1. The van der Waals surface area contributed by atoms with E-state index in [2.05, 4.69) is 44.3 Å². The third-order valence-corrected chi connectivity index (χ3v) is 4.38. The highest BCUT2D eigenvalue weighted by Crippen LogP contribution is 2.35. The minimum atomic E-state index is 0.428. The van der Waals surface area contributed by atoms with Gasteiger partial charge in [-0.2, -0.15) is 0 Å². The number of hydrogen-bond donors (Lipinski definition) is 1. The number of halogens is 1. The van der Waals surface area contributed by atoms with Gasteiger partial charge >= 0.3 is 0 Å². The van der Waals surface area contributed by atoms with Crippen molar-refractivity contribution in [2.75, 3.05) is 23.3 Å². The first-order chi connectivity index (χ1) is 8.74. The minimum absolute atomic E-state index is 0.428. The van der Waals surface area contributed by atoms with Crippen LogP contribution in [0.4, 0.5) is 11.4 Å². The minimum Gasteiger partial charge on any atom is -0.382 e. The monoisotopic (exact) mass is 308 g/mol. The summed E-state index contributed by atoms with van der Waals surface area (Å²) >= 11 is 3.51. The zero-order chi connectivity index (χ0) is 12.5. The van der Waals surface area contributed by atoms with E-state index in [0.717, 1.165) is 43.2 Å². The predicted octanol–water partition coefficient (Wildman–Crippen LogP) is 3.19. The number of fused-ring (bicyclic) bond motifs is 1. The number of ketones is 1. The molecule has 1 fully saturated rings. The van der Waals surface area contributed by atoms with Crippen LogP contribution in [0.25, 0.3) is 0 Å². The summed E-state index contributed by atoms with van der Waals surface area (Å²) in [4.78, 5) is 13.8. The zero-order valence-electron chi connectivity index (χ0n) is 10.3. The summed E-state index contributed by atoms with van der Waals surface area (Å²) in [5.74, 6) is 0.428. The zero-order valence-corrected chi connectivity index (χ0v) is 11.9. The van der Waals surface area contributed by atoms with Crippen LogP contribution in [0.2, 0.25) is 0 Å². The molecule has 0 bridgehead atoms. The van der Waals surface area contributed by atoms with E-state index in [-0.39, 0.29) is 0 Å². The molecule has 1 aromatic rings. The standard InChI is InChI=1S/C14H17BrN2O/c15-10-1-6-14-13(9-10)16-7-8-17(14)11-2-4-12(18)5-3-11/h1,6,9,11,16H,2-5,7-8H2. The molecule has 2 aliphatic rings. The lowest BCUT2D eigenvalue weighted by Gasteiger charge is -2.40. The molecule has 0 saturated heterocycles. The van der Waals surface area contributed by atoms with Crippen molar-refractivity contribution in [2.45, 2.75) is 31.7 Å². The Morgan fingerprint density at radius 3 is 2.83 bits per heavy atom. The summed E-state index contributed by atoms with van der Waals surface area (Å²) in [6, 6.07) is 6.93. The van der Waals surface area contributed by atoms with Gasteiger partial charge in [0.05, 0.1) is 11.4 Å². The first-order valence-electron chi connectivity index (χ1n) is 6.56. The fourth-order valence-electron chi connectivity index (χ4n) is 2.95. The molecule has 0 amide bonds. The maximum absolute atomic E-state index is 11.3. The summed E-state index contributed by atoms with van der Waals surface area (Å²) in [5.41, 5.74) is 2.48. The number of anilines is 2. The van der Waals surface area contributed by atoms with Crippen LogP contribution in [0.15, 0.2) is 22.7 Å². The summed E-state index contributed by atoms with van der Waals surface area (Å²) in [6.07, 6.45) is 3.52. The Labute approximate surface area is 116 Å². The van der Waals surface area contributed by atoms with Gasteiger partial charge in [-0.25, -0.2) is 0 Å². The molecule has 1 aliphatic carbocycles. The second-order valence-corrected chi connectivity index (χ2v) is 5.97. The molecule has 1 aromatic carbocycles. The molecule has 18 heavy (non-hydrogen) atoms. The predicted molar refractivity (Wildman–Crippen MR) is 77.2 cm³/mol. The number of carbonyl (C=O) groups excluding carboxylic acids is 1. The molecule has 0 spiro atoms. The SMILES string of the molecule is O=C1CCC(N2CCNc3cc(Br)ccc32)CC1. The van der Waals surface area contributed by atoms with Gasteiger partial charge in [-0.05, 0) is 31.0 Å². The number of nitrogens with one attached hydrogen (secondary N) is 1. The van der Waals surface area contributed by atoms with Gasteiger partial charge in [0.1, 0.15) is 5.78 Å². The third-order valence-electron chi connectivity index (χ3n) is 3.89. The fraction of sp³-hybridized carbons (Fsp3) is 0.500. The maximum Gasteiger partial charge on any atom is 0.133 e. The van der Waals surface area contributed by atoms with E-state index >= 15 is 0 Å². The van der Waals surface area contributed by atoms with Gasteiger partial charge in [-0.3, -0.25) is 4.79 Å². The second kappa shape index (κ2) is 4.92. The maximum atomic E-state index is 11.3. The average molecular weight is 309 g/mol. The van der Waals surface area contributed by atoms with E-state index in [1.54, 1.807) is 0 Å². The van der Waals surface area contributed by atoms with Crippen molar-refractivity contribution in [1.82, 2.24) is 0 Å². The lowest BCUT2D eigenvalue weighted by Crippen LogP contribution is -2.43. The van der Waals surface area contributed by atoms with Crippen LogP contribution < -0.4 is 10.2 Å². The summed E-state index contributed by atoms with van der Waals surface area (Å²) < 4.78 is 1.11. The smallest absolute Gasteiger partial charge is 0.133 e. The van der Waals surface area contributed by atoms with Gasteiger partial charge in [0.25, 0.3) is 0 Å². The molecule has 0 atom stereocenters. The summed E-state index contributed by atoms with van der Waals surface area (Å²) in [5, 5.41) is 3.44. The first kappa shape index (κ1) is 12.0. The van der Waals surface area contributed by atoms with Crippen molar-refractivity contribution < 1.29 is 4.79 Å². The molecular formula is C14H17BrN2O. The van der Waals surface area contributed by atoms with E-state index in [9.17, 15) is 4.79 Å². The van der Waals surface area contributed by atoms with Crippen LogP contribution in [0, 0.1) is 0 Å². The average Bonchev–Trinajstić information content (AvgIpc) is 2.38. The molecule has 1 N–H and O–H groups in total. The van der Waals surface area contributed by atoms with Crippen molar-refractivity contribution in [3.05, 3.63) is 22.7 Å². The topological polar surface area (TPSA) is 32.3 Å². The van der Waals surface area contributed by atoms with Crippen molar-refractivity contribution in [3.8, 4) is 0 Å². The Kier molecular flexibility index (Phi) is 3.29. The molecule has 1 saturated carbocycles. The Morgan fingerprint density at radius 2 is 2.06 bits per heavy atom. The van der Waals surface area contributed by atoms with Crippen LogP contribution in [0.5, 0.6) is 0 Å². The molecule has 96 valence electrons. The molecule has 3 rings (SSSR count). The van der Waals surface area contributed by atoms with Crippen molar-refractivity contribution in [3.63, 3.8) is 0 Å². The first-order valence-corrected chi connectivity index (χ1v) is 7.35. The third kappa shape index (κ3) is 2.26. The number of Topliss-reactive ketones (excluding diaryl/α,β-unsaturated/α-hetero) is 1. The Bertz CT molecular complexity index is 465. The molecule has 4 heteroatoms. The number of hydrogen-bond acceptors (Lipinski definition) is 3. The quantitative estimate of drug-likeness (QED) is 0.865. The Balaban J connectivity index is 1.85. The molecule has 1 aliphatic heterocycles. The number of carbonyl (C=O) groups is 1. The van der Waals surface area contributed by atoms with Crippen LogP contribution in [-0.2, 0) is 4.79 Å². The Hall–Kier alpha value is -1.03. The van der Waals surface area contributed by atoms with Crippen LogP contribution in [0.1, 0.15) is 25.7 Å². The number of benzene rings is 1. The highest BCUT2D eigenvalue weighted by molar-refractivity contribution is 9.10. The van der Waals surface area contributed by atoms with Crippen LogP contribution >= 0.6 is 15.9 Å². The molecule has 0 unspecified atom stereocenters. The van der Waals surface area contributed by atoms with Crippen molar-refractivity contribution in [1.29, 1.82) is 0 Å². The normalized spacial score (nSPS) is 20.5. The summed E-state index contributed by atoms with van der Waals surface area (Å²) in [6.45, 7) is 2.02. The molecular weight excluding hydrogens is 292 g/mol. The van der Waals surface area contributed by atoms with Gasteiger partial charge < -0.3 is 10.2 Å². The van der Waals surface area contributed by atoms with E-state index in [0.29, 0.717) is 11.8 Å². The van der Waals surface area contributed by atoms with Crippen molar-refractivity contribution >= 4 is 33.1 Å². The molecule has 3 nitrogen and oxygen atoms in total. The van der Waals surface area contributed by atoms with E-state index in [1.165, 1.54) is 11.4 Å². The lowest BCUT2D eigenvalue weighted by molar-refractivity contribution is -0.120. The van der Waals surface area contributed by atoms with Crippen LogP contribution in [0.3, 0.4) is 0 Å². The summed E-state index contributed by atoms with van der Waals surface area (Å²) in [7, 11) is 0. The van der Waals surface area contributed by atoms with Crippen molar-refractivity contribution in [2.24, 2.45) is 0 Å². The van der Waals surface area contributed by atoms with Crippen LogP contribution in [-0.4, -0.2) is 24.9 Å². The highest BCUT2D eigenvalue weighted by Gasteiger charge is 2.27. The highest BCUT2D eigenvalue weighted by atomic mass is 79.9. The van der Waals surface area contributed by atoms with E-state index in [4.69, 9.17) is 0 Å². The van der Waals surface area contributed by atoms with Gasteiger partial charge in [0.15, 0.2) is 0 Å². The number of rotatable bonds is 1.